The van der Waals surface area contributed by atoms with Gasteiger partial charge in [0.1, 0.15) is 0 Å². The van der Waals surface area contributed by atoms with E-state index in [1.807, 2.05) is 0 Å². The van der Waals surface area contributed by atoms with Crippen LogP contribution in [0.3, 0.4) is 0 Å². The van der Waals surface area contributed by atoms with Gasteiger partial charge in [-0.25, -0.2) is 4.79 Å². The number of thioether (sulfide) groups is 1. The van der Waals surface area contributed by atoms with Gasteiger partial charge in [0.2, 0.25) is 0 Å². The number of nitrogens with one attached hydrogen (secondary N) is 1. The molecule has 1 amide bonds. The smallest absolute Gasteiger partial charge is 0.330 e. The van der Waals surface area contributed by atoms with Crippen LogP contribution in [0.5, 0.6) is 0 Å². The number of fused-ring (bicyclic) bond motifs is 1. The van der Waals surface area contributed by atoms with Gasteiger partial charge >= 0.3 is 5.97 Å². The van der Waals surface area contributed by atoms with Crippen molar-refractivity contribution in [3.05, 3.63) is 41.5 Å². The van der Waals surface area contributed by atoms with Gasteiger partial charge in [0.15, 0.2) is 5.78 Å². The molecule has 1 aromatic rings. The number of hydrogen-bond donors (Lipinski definition) is 1. The minimum absolute atomic E-state index is 0.0731. The predicted octanol–water partition coefficient (Wildman–Crippen LogP) is 1.82. The van der Waals surface area contributed by atoms with E-state index < -0.39 is 5.97 Å². The molecule has 1 heterocycles. The topological polar surface area (TPSA) is 72.5 Å². The summed E-state index contributed by atoms with van der Waals surface area (Å²) in [6, 6.07) is 5.13. The van der Waals surface area contributed by atoms with Gasteiger partial charge in [0.25, 0.3) is 5.91 Å². The fourth-order valence-electron chi connectivity index (χ4n) is 1.88. The maximum atomic E-state index is 12.0. The van der Waals surface area contributed by atoms with Crippen LogP contribution in [0.15, 0.2) is 35.2 Å². The number of hydrogen-bond acceptors (Lipinski definition) is 5. The molecule has 0 saturated carbocycles. The number of carbonyl (C=O) groups is 3. The third-order valence-corrected chi connectivity index (χ3v) is 4.04. The number of rotatable bonds is 4. The molecule has 0 atom stereocenters. The summed E-state index contributed by atoms with van der Waals surface area (Å²) in [5.74, 6) is 0.107. The second kappa shape index (κ2) is 7.08. The summed E-state index contributed by atoms with van der Waals surface area (Å²) in [6.07, 6.45) is 3.25. The summed E-state index contributed by atoms with van der Waals surface area (Å²) in [5.41, 5.74) is 1.06. The van der Waals surface area contributed by atoms with Gasteiger partial charge < -0.3 is 10.1 Å². The van der Waals surface area contributed by atoms with E-state index in [4.69, 9.17) is 0 Å². The second-order valence-electron chi connectivity index (χ2n) is 4.37. The van der Waals surface area contributed by atoms with Crippen LogP contribution >= 0.6 is 11.8 Å². The number of methoxy groups -OCH3 is 1. The zero-order valence-corrected chi connectivity index (χ0v) is 12.4. The summed E-state index contributed by atoms with van der Waals surface area (Å²) in [7, 11) is 1.29. The molecule has 1 aliphatic heterocycles. The van der Waals surface area contributed by atoms with Crippen LogP contribution in [0.4, 0.5) is 0 Å². The first-order chi connectivity index (χ1) is 10.1. The van der Waals surface area contributed by atoms with Crippen molar-refractivity contribution in [3.63, 3.8) is 0 Å². The first-order valence-corrected chi connectivity index (χ1v) is 7.43. The summed E-state index contributed by atoms with van der Waals surface area (Å²) < 4.78 is 4.44. The number of ketones is 1. The molecule has 0 spiro atoms. The van der Waals surface area contributed by atoms with Crippen LogP contribution < -0.4 is 5.32 Å². The molecule has 0 radical (unpaired) electrons. The van der Waals surface area contributed by atoms with Gasteiger partial charge in [-0.3, -0.25) is 9.59 Å². The van der Waals surface area contributed by atoms with Crippen molar-refractivity contribution in [2.24, 2.45) is 0 Å². The maximum absolute atomic E-state index is 12.0. The molecule has 1 N–H and O–H groups in total. The van der Waals surface area contributed by atoms with Gasteiger partial charge in [-0.1, -0.05) is 6.08 Å². The van der Waals surface area contributed by atoms with E-state index in [2.05, 4.69) is 10.1 Å². The van der Waals surface area contributed by atoms with Crippen molar-refractivity contribution < 1.29 is 19.1 Å². The van der Waals surface area contributed by atoms with Crippen molar-refractivity contribution in [1.29, 1.82) is 0 Å². The van der Waals surface area contributed by atoms with Crippen LogP contribution in [0.2, 0.25) is 0 Å². The molecule has 21 heavy (non-hydrogen) atoms. The van der Waals surface area contributed by atoms with Crippen LogP contribution in [0.25, 0.3) is 0 Å². The number of amides is 1. The van der Waals surface area contributed by atoms with Crippen molar-refractivity contribution in [1.82, 2.24) is 5.32 Å². The Morgan fingerprint density at radius 1 is 1.43 bits per heavy atom. The minimum atomic E-state index is -0.472. The highest BCUT2D eigenvalue weighted by molar-refractivity contribution is 7.99. The molecule has 6 heteroatoms. The maximum Gasteiger partial charge on any atom is 0.330 e. The number of Topliss-reactive ketones (excluding diaryl/α,β-unsaturated/α-hetero) is 1. The van der Waals surface area contributed by atoms with Crippen LogP contribution in [0.1, 0.15) is 27.1 Å². The number of esters is 1. The predicted molar refractivity (Wildman–Crippen MR) is 79.6 cm³/mol. The Kier molecular flexibility index (Phi) is 5.16. The molecule has 0 unspecified atom stereocenters. The molecular weight excluding hydrogens is 290 g/mol. The first kappa shape index (κ1) is 15.3. The Bertz CT molecular complexity index is 610. The van der Waals surface area contributed by atoms with Crippen molar-refractivity contribution in [3.8, 4) is 0 Å². The molecule has 0 saturated heterocycles. The highest BCUT2D eigenvalue weighted by atomic mass is 32.2. The number of ether oxygens (including phenoxy) is 1. The highest BCUT2D eigenvalue weighted by Gasteiger charge is 2.19. The Hall–Kier alpha value is -2.08. The van der Waals surface area contributed by atoms with Gasteiger partial charge in [-0.05, 0) is 18.2 Å². The van der Waals surface area contributed by atoms with Crippen LogP contribution in [-0.4, -0.2) is 37.1 Å². The van der Waals surface area contributed by atoms with Gasteiger partial charge in [-0.15, -0.1) is 11.8 Å². The fourth-order valence-corrected chi connectivity index (χ4v) is 2.88. The molecule has 1 aliphatic rings. The SMILES string of the molecule is COC(=O)/C=C/CNC(=O)c1ccc2c(c1)C(=O)CCS2. The molecule has 110 valence electrons. The molecule has 0 fully saturated rings. The zero-order valence-electron chi connectivity index (χ0n) is 11.5. The van der Waals surface area contributed by atoms with Gasteiger partial charge in [0.05, 0.1) is 7.11 Å². The average Bonchev–Trinajstić information content (AvgIpc) is 2.51. The Morgan fingerprint density at radius 2 is 2.24 bits per heavy atom. The van der Waals surface area contributed by atoms with Crippen molar-refractivity contribution >= 4 is 29.4 Å². The Balaban J connectivity index is 2.00. The van der Waals surface area contributed by atoms with E-state index in [1.54, 1.807) is 30.0 Å². The molecule has 1 aromatic carbocycles. The lowest BCUT2D eigenvalue weighted by molar-refractivity contribution is -0.134. The summed E-state index contributed by atoms with van der Waals surface area (Å²) in [5, 5.41) is 2.65. The van der Waals surface area contributed by atoms with Crippen molar-refractivity contribution in [2.75, 3.05) is 19.4 Å². The number of benzene rings is 1. The van der Waals surface area contributed by atoms with Gasteiger partial charge in [-0.2, -0.15) is 0 Å². The van der Waals surface area contributed by atoms with E-state index in [0.717, 1.165) is 10.6 Å². The van der Waals surface area contributed by atoms with Crippen LogP contribution in [-0.2, 0) is 9.53 Å². The third kappa shape index (κ3) is 3.95. The van der Waals surface area contributed by atoms with E-state index in [-0.39, 0.29) is 18.2 Å². The largest absolute Gasteiger partial charge is 0.466 e. The normalized spacial score (nSPS) is 13.9. The van der Waals surface area contributed by atoms with Crippen molar-refractivity contribution in [2.45, 2.75) is 11.3 Å². The Labute approximate surface area is 126 Å². The summed E-state index contributed by atoms with van der Waals surface area (Å²) in [6.45, 7) is 0.216. The minimum Gasteiger partial charge on any atom is -0.466 e. The number of carbonyl (C=O) groups excluding carboxylic acids is 3. The fraction of sp³-hybridized carbons (Fsp3) is 0.267. The average molecular weight is 305 g/mol. The lowest BCUT2D eigenvalue weighted by Gasteiger charge is -2.14. The highest BCUT2D eigenvalue weighted by Crippen LogP contribution is 2.30. The second-order valence-corrected chi connectivity index (χ2v) is 5.50. The molecule has 0 aromatic heterocycles. The standard InChI is InChI=1S/C15H15NO4S/c1-20-14(18)3-2-7-16-15(19)10-4-5-13-11(9-10)12(17)6-8-21-13/h2-5,9H,6-8H2,1H3,(H,16,19)/b3-2+. The van der Waals surface area contributed by atoms with E-state index in [0.29, 0.717) is 17.5 Å². The molecule has 0 bridgehead atoms. The van der Waals surface area contributed by atoms with E-state index in [1.165, 1.54) is 19.3 Å². The monoisotopic (exact) mass is 305 g/mol. The summed E-state index contributed by atoms with van der Waals surface area (Å²) >= 11 is 1.62. The first-order valence-electron chi connectivity index (χ1n) is 6.44. The molecule has 5 nitrogen and oxygen atoms in total. The van der Waals surface area contributed by atoms with E-state index >= 15 is 0 Å². The lowest BCUT2D eigenvalue weighted by Crippen LogP contribution is -2.24. The zero-order chi connectivity index (χ0) is 15.2. The van der Waals surface area contributed by atoms with Crippen LogP contribution in [0, 0.1) is 0 Å². The third-order valence-electron chi connectivity index (χ3n) is 2.96. The molecule has 2 rings (SSSR count). The lowest BCUT2D eigenvalue weighted by atomic mass is 10.0. The van der Waals surface area contributed by atoms with E-state index in [9.17, 15) is 14.4 Å². The quantitative estimate of drug-likeness (QED) is 0.678. The van der Waals surface area contributed by atoms with Gasteiger partial charge in [0, 0.05) is 40.8 Å². The molecule has 0 aliphatic carbocycles. The summed E-state index contributed by atoms with van der Waals surface area (Å²) in [4.78, 5) is 35.6. The Morgan fingerprint density at radius 3 is 3.00 bits per heavy atom. The molecular formula is C15H15NO4S.